The standard InChI is InChI=1S/C11H12BrCl2NO/c1-15(4-2-3-12)11(16)8-5-9(13)7-10(14)6-8/h5-7H,2-4H2,1H3. The number of alkyl halides is 1. The largest absolute Gasteiger partial charge is 0.342 e. The van der Waals surface area contributed by atoms with E-state index in [4.69, 9.17) is 23.2 Å². The maximum Gasteiger partial charge on any atom is 0.253 e. The first-order chi connectivity index (χ1) is 7.54. The summed E-state index contributed by atoms with van der Waals surface area (Å²) in [6, 6.07) is 4.86. The molecule has 0 aliphatic rings. The zero-order valence-corrected chi connectivity index (χ0v) is 11.9. The van der Waals surface area contributed by atoms with Crippen LogP contribution in [0.5, 0.6) is 0 Å². The highest BCUT2D eigenvalue weighted by Crippen LogP contribution is 2.20. The fourth-order valence-corrected chi connectivity index (χ4v) is 2.07. The predicted molar refractivity (Wildman–Crippen MR) is 71.8 cm³/mol. The molecular formula is C11H12BrCl2NO. The van der Waals surface area contributed by atoms with Crippen molar-refractivity contribution in [1.82, 2.24) is 4.90 Å². The molecule has 0 aromatic heterocycles. The molecule has 88 valence electrons. The zero-order valence-electron chi connectivity index (χ0n) is 8.84. The molecule has 16 heavy (non-hydrogen) atoms. The normalized spacial score (nSPS) is 10.2. The Morgan fingerprint density at radius 3 is 2.38 bits per heavy atom. The highest BCUT2D eigenvalue weighted by atomic mass is 79.9. The van der Waals surface area contributed by atoms with Crippen LogP contribution in [0.25, 0.3) is 0 Å². The molecule has 0 aliphatic heterocycles. The summed E-state index contributed by atoms with van der Waals surface area (Å²) >= 11 is 15.0. The van der Waals surface area contributed by atoms with E-state index in [0.29, 0.717) is 22.2 Å². The lowest BCUT2D eigenvalue weighted by Crippen LogP contribution is -2.27. The van der Waals surface area contributed by atoms with Crippen molar-refractivity contribution < 1.29 is 4.79 Å². The lowest BCUT2D eigenvalue weighted by atomic mass is 10.2. The smallest absolute Gasteiger partial charge is 0.253 e. The van der Waals surface area contributed by atoms with Gasteiger partial charge in [-0.2, -0.15) is 0 Å². The summed E-state index contributed by atoms with van der Waals surface area (Å²) in [4.78, 5) is 13.6. The van der Waals surface area contributed by atoms with Gasteiger partial charge in [0.25, 0.3) is 5.91 Å². The molecule has 0 saturated heterocycles. The van der Waals surface area contributed by atoms with Gasteiger partial charge >= 0.3 is 0 Å². The van der Waals surface area contributed by atoms with E-state index in [2.05, 4.69) is 15.9 Å². The van der Waals surface area contributed by atoms with E-state index in [1.54, 1.807) is 30.1 Å². The van der Waals surface area contributed by atoms with Crippen molar-refractivity contribution in [1.29, 1.82) is 0 Å². The number of hydrogen-bond donors (Lipinski definition) is 0. The third kappa shape index (κ3) is 3.96. The molecule has 2 nitrogen and oxygen atoms in total. The molecule has 5 heteroatoms. The van der Waals surface area contributed by atoms with Gasteiger partial charge in [0.05, 0.1) is 0 Å². The number of nitrogens with zero attached hydrogens (tertiary/aromatic N) is 1. The minimum atomic E-state index is -0.0645. The first-order valence-electron chi connectivity index (χ1n) is 4.82. The fraction of sp³-hybridized carbons (Fsp3) is 0.364. The van der Waals surface area contributed by atoms with Crippen LogP contribution in [0.2, 0.25) is 10.0 Å². The lowest BCUT2D eigenvalue weighted by molar-refractivity contribution is 0.0795. The van der Waals surface area contributed by atoms with E-state index in [-0.39, 0.29) is 5.91 Å². The van der Waals surface area contributed by atoms with Gasteiger partial charge in [-0.1, -0.05) is 39.1 Å². The summed E-state index contributed by atoms with van der Waals surface area (Å²) in [5.41, 5.74) is 0.523. The van der Waals surface area contributed by atoms with E-state index >= 15 is 0 Å². The Kier molecular flexibility index (Phi) is 5.59. The number of carbonyl (C=O) groups is 1. The summed E-state index contributed by atoms with van der Waals surface area (Å²) in [6.07, 6.45) is 0.913. The average molecular weight is 325 g/mol. The lowest BCUT2D eigenvalue weighted by Gasteiger charge is -2.16. The molecule has 0 bridgehead atoms. The van der Waals surface area contributed by atoms with Crippen molar-refractivity contribution >= 4 is 45.0 Å². The topological polar surface area (TPSA) is 20.3 Å². The molecule has 1 rings (SSSR count). The van der Waals surface area contributed by atoms with Crippen molar-refractivity contribution in [2.24, 2.45) is 0 Å². The summed E-state index contributed by atoms with van der Waals surface area (Å²) in [7, 11) is 1.76. The highest BCUT2D eigenvalue weighted by molar-refractivity contribution is 9.09. The number of carbonyl (C=O) groups excluding carboxylic acids is 1. The Balaban J connectivity index is 2.79. The molecule has 0 aliphatic carbocycles. The molecule has 0 heterocycles. The Hall–Kier alpha value is -0.250. The Morgan fingerprint density at radius 2 is 1.88 bits per heavy atom. The second-order valence-electron chi connectivity index (χ2n) is 3.43. The van der Waals surface area contributed by atoms with Gasteiger partial charge in [0.15, 0.2) is 0 Å². The molecule has 1 aromatic carbocycles. The van der Waals surface area contributed by atoms with E-state index in [1.165, 1.54) is 0 Å². The SMILES string of the molecule is CN(CCCBr)C(=O)c1cc(Cl)cc(Cl)c1. The van der Waals surface area contributed by atoms with Crippen LogP contribution in [-0.4, -0.2) is 29.7 Å². The van der Waals surface area contributed by atoms with Gasteiger partial charge in [0.1, 0.15) is 0 Å². The third-order valence-electron chi connectivity index (χ3n) is 2.08. The quantitative estimate of drug-likeness (QED) is 0.770. The van der Waals surface area contributed by atoms with Crippen molar-refractivity contribution in [2.45, 2.75) is 6.42 Å². The molecular weight excluding hydrogens is 313 g/mol. The number of benzene rings is 1. The van der Waals surface area contributed by atoms with E-state index < -0.39 is 0 Å². The molecule has 0 radical (unpaired) electrons. The number of rotatable bonds is 4. The molecule has 0 fully saturated rings. The van der Waals surface area contributed by atoms with Gasteiger partial charge in [-0.05, 0) is 24.6 Å². The van der Waals surface area contributed by atoms with Crippen molar-refractivity contribution in [3.05, 3.63) is 33.8 Å². The van der Waals surface area contributed by atoms with Crippen molar-refractivity contribution in [2.75, 3.05) is 18.9 Å². The Labute approximate surface area is 114 Å². The van der Waals surface area contributed by atoms with Crippen molar-refractivity contribution in [3.8, 4) is 0 Å². The zero-order chi connectivity index (χ0) is 12.1. The van der Waals surface area contributed by atoms with E-state index in [9.17, 15) is 4.79 Å². The van der Waals surface area contributed by atoms with Crippen LogP contribution < -0.4 is 0 Å². The maximum atomic E-state index is 11.9. The van der Waals surface area contributed by atoms with Crippen LogP contribution in [0.1, 0.15) is 16.8 Å². The van der Waals surface area contributed by atoms with E-state index in [0.717, 1.165) is 11.8 Å². The third-order valence-corrected chi connectivity index (χ3v) is 3.08. The van der Waals surface area contributed by atoms with E-state index in [1.807, 2.05) is 0 Å². The number of hydrogen-bond acceptors (Lipinski definition) is 1. The summed E-state index contributed by atoms with van der Waals surface area (Å²) in [5, 5.41) is 1.83. The molecule has 0 atom stereocenters. The minimum Gasteiger partial charge on any atom is -0.342 e. The number of amides is 1. The monoisotopic (exact) mass is 323 g/mol. The molecule has 0 N–H and O–H groups in total. The fourth-order valence-electron chi connectivity index (χ4n) is 1.30. The molecule has 1 amide bonds. The van der Waals surface area contributed by atoms with Gasteiger partial charge in [0, 0.05) is 34.5 Å². The van der Waals surface area contributed by atoms with Crippen LogP contribution >= 0.6 is 39.1 Å². The second-order valence-corrected chi connectivity index (χ2v) is 5.09. The summed E-state index contributed by atoms with van der Waals surface area (Å²) < 4.78 is 0. The average Bonchev–Trinajstić information content (AvgIpc) is 2.23. The first-order valence-corrected chi connectivity index (χ1v) is 6.70. The molecule has 0 unspecified atom stereocenters. The van der Waals surface area contributed by atoms with Gasteiger partial charge in [-0.25, -0.2) is 0 Å². The molecule has 0 saturated carbocycles. The van der Waals surface area contributed by atoms with Crippen LogP contribution in [0, 0.1) is 0 Å². The van der Waals surface area contributed by atoms with Crippen molar-refractivity contribution in [3.63, 3.8) is 0 Å². The molecule has 1 aromatic rings. The van der Waals surface area contributed by atoms with Gasteiger partial charge in [-0.3, -0.25) is 4.79 Å². The van der Waals surface area contributed by atoms with Crippen LogP contribution in [0.4, 0.5) is 0 Å². The predicted octanol–water partition coefficient (Wildman–Crippen LogP) is 3.85. The van der Waals surface area contributed by atoms with Crippen LogP contribution in [-0.2, 0) is 0 Å². The highest BCUT2D eigenvalue weighted by Gasteiger charge is 2.12. The van der Waals surface area contributed by atoms with Gasteiger partial charge in [-0.15, -0.1) is 0 Å². The van der Waals surface area contributed by atoms with Crippen LogP contribution in [0.3, 0.4) is 0 Å². The Morgan fingerprint density at radius 1 is 1.31 bits per heavy atom. The summed E-state index contributed by atoms with van der Waals surface area (Å²) in [6.45, 7) is 0.703. The number of halogens is 3. The first kappa shape index (κ1) is 13.8. The molecule has 0 spiro atoms. The van der Waals surface area contributed by atoms with Crippen LogP contribution in [0.15, 0.2) is 18.2 Å². The van der Waals surface area contributed by atoms with Gasteiger partial charge in [0.2, 0.25) is 0 Å². The maximum absolute atomic E-state index is 11.9. The Bertz CT molecular complexity index is 364. The second kappa shape index (κ2) is 6.48. The summed E-state index contributed by atoms with van der Waals surface area (Å²) in [5.74, 6) is -0.0645. The minimum absolute atomic E-state index is 0.0645. The van der Waals surface area contributed by atoms with Gasteiger partial charge < -0.3 is 4.90 Å².